The molecule has 0 spiro atoms. The number of para-hydroxylation sites is 1. The zero-order valence-corrected chi connectivity index (χ0v) is 12.3. The van der Waals surface area contributed by atoms with Crippen molar-refractivity contribution in [2.24, 2.45) is 0 Å². The van der Waals surface area contributed by atoms with Crippen LogP contribution in [0.1, 0.15) is 35.7 Å². The molecule has 2 aromatic carbocycles. The Morgan fingerprint density at radius 2 is 1.86 bits per heavy atom. The topological polar surface area (TPSA) is 61.4 Å². The second kappa shape index (κ2) is 6.31. The van der Waals surface area contributed by atoms with Gasteiger partial charge in [0.05, 0.1) is 13.1 Å². The van der Waals surface area contributed by atoms with Crippen molar-refractivity contribution in [3.8, 4) is 5.75 Å². The highest BCUT2D eigenvalue weighted by Crippen LogP contribution is 2.29. The fourth-order valence-electron chi connectivity index (χ4n) is 2.19. The van der Waals surface area contributed by atoms with Gasteiger partial charge in [-0.3, -0.25) is 0 Å². The van der Waals surface area contributed by atoms with E-state index in [1.807, 2.05) is 24.3 Å². The molecule has 0 aliphatic heterocycles. The van der Waals surface area contributed by atoms with Crippen molar-refractivity contribution in [2.45, 2.75) is 19.8 Å². The molecule has 0 fully saturated rings. The van der Waals surface area contributed by atoms with Gasteiger partial charge in [-0.25, -0.2) is 0 Å². The summed E-state index contributed by atoms with van der Waals surface area (Å²) in [7, 11) is 1.50. The maximum Gasteiger partial charge on any atom is 0.119 e. The normalized spacial score (nSPS) is 10.5. The number of rotatable bonds is 5. The predicted molar refractivity (Wildman–Crippen MR) is 81.1 cm³/mol. The van der Waals surface area contributed by atoms with Crippen LogP contribution < -0.4 is 15.2 Å². The van der Waals surface area contributed by atoms with E-state index in [4.69, 9.17) is 4.74 Å². The minimum absolute atomic E-state index is 0.0768. The van der Waals surface area contributed by atoms with Crippen molar-refractivity contribution in [1.82, 2.24) is 0 Å². The molecule has 0 atom stereocenters. The molecule has 0 aliphatic rings. The summed E-state index contributed by atoms with van der Waals surface area (Å²) in [5.74, 6) is -0.423. The maximum atomic E-state index is 11.3. The Bertz CT molecular complexity index is 650. The molecule has 0 heterocycles. The maximum absolute atomic E-state index is 11.3. The van der Waals surface area contributed by atoms with Gasteiger partial charge >= 0.3 is 0 Å². The molecule has 0 saturated heterocycles. The van der Waals surface area contributed by atoms with Crippen molar-refractivity contribution < 1.29 is 14.6 Å². The fraction of sp³-hybridized carbons (Fsp3) is 0.235. The van der Waals surface area contributed by atoms with E-state index < -0.39 is 5.97 Å². The standard InChI is InChI=1S/C17H19NO3/c1-11(2)13-6-4-5-7-15(13)18-16-9-8-12(21-3)10-14(16)17(19)20/h4-11,18H,1-3H3,(H,19,20)/p-1. The highest BCUT2D eigenvalue weighted by atomic mass is 16.5. The highest BCUT2D eigenvalue weighted by molar-refractivity contribution is 5.94. The van der Waals surface area contributed by atoms with Crippen molar-refractivity contribution in [3.63, 3.8) is 0 Å². The molecular weight excluding hydrogens is 266 g/mol. The predicted octanol–water partition coefficient (Wildman–Crippen LogP) is 2.93. The van der Waals surface area contributed by atoms with Crippen LogP contribution in [-0.2, 0) is 0 Å². The van der Waals surface area contributed by atoms with Gasteiger partial charge in [-0.05, 0) is 35.7 Å². The number of carbonyl (C=O) groups excluding carboxylic acids is 1. The lowest BCUT2D eigenvalue weighted by Crippen LogP contribution is -2.23. The van der Waals surface area contributed by atoms with Crippen LogP contribution in [0.3, 0.4) is 0 Å². The SMILES string of the molecule is COc1ccc(Nc2ccccc2C(C)C)c(C(=O)[O-])c1. The van der Waals surface area contributed by atoms with E-state index in [2.05, 4.69) is 19.2 Å². The van der Waals surface area contributed by atoms with Crippen LogP contribution in [0.2, 0.25) is 0 Å². The van der Waals surface area contributed by atoms with Gasteiger partial charge in [0.2, 0.25) is 0 Å². The number of hydrogen-bond donors (Lipinski definition) is 1. The van der Waals surface area contributed by atoms with Crippen LogP contribution in [0.4, 0.5) is 11.4 Å². The first kappa shape index (κ1) is 14.9. The summed E-state index contributed by atoms with van der Waals surface area (Å²) in [5, 5.41) is 14.5. The van der Waals surface area contributed by atoms with Crippen LogP contribution in [0.25, 0.3) is 0 Å². The molecule has 4 heteroatoms. The number of ether oxygens (including phenoxy) is 1. The number of anilines is 2. The van der Waals surface area contributed by atoms with E-state index >= 15 is 0 Å². The van der Waals surface area contributed by atoms with E-state index in [1.54, 1.807) is 12.1 Å². The first-order valence-electron chi connectivity index (χ1n) is 6.78. The number of aromatic carboxylic acids is 1. The zero-order chi connectivity index (χ0) is 15.4. The van der Waals surface area contributed by atoms with E-state index in [0.717, 1.165) is 11.3 Å². The van der Waals surface area contributed by atoms with Crippen LogP contribution in [0, 0.1) is 0 Å². The van der Waals surface area contributed by atoms with Crippen LogP contribution in [0.5, 0.6) is 5.75 Å². The lowest BCUT2D eigenvalue weighted by Gasteiger charge is -2.18. The number of benzene rings is 2. The van der Waals surface area contributed by atoms with Gasteiger partial charge in [-0.15, -0.1) is 0 Å². The van der Waals surface area contributed by atoms with Gasteiger partial charge in [0.15, 0.2) is 0 Å². The summed E-state index contributed by atoms with van der Waals surface area (Å²) in [4.78, 5) is 11.3. The van der Waals surface area contributed by atoms with Gasteiger partial charge in [-0.1, -0.05) is 32.0 Å². The van der Waals surface area contributed by atoms with Gasteiger partial charge in [-0.2, -0.15) is 0 Å². The number of nitrogens with one attached hydrogen (secondary N) is 1. The molecule has 1 N–H and O–H groups in total. The Morgan fingerprint density at radius 1 is 1.14 bits per heavy atom. The molecule has 0 amide bonds. The highest BCUT2D eigenvalue weighted by Gasteiger charge is 2.10. The van der Waals surface area contributed by atoms with Crippen molar-refractivity contribution in [3.05, 3.63) is 53.6 Å². The smallest absolute Gasteiger partial charge is 0.119 e. The fourth-order valence-corrected chi connectivity index (χ4v) is 2.19. The lowest BCUT2D eigenvalue weighted by atomic mass is 10.0. The average molecular weight is 284 g/mol. The number of methoxy groups -OCH3 is 1. The van der Waals surface area contributed by atoms with Gasteiger partial charge < -0.3 is 20.0 Å². The lowest BCUT2D eigenvalue weighted by molar-refractivity contribution is -0.254. The Kier molecular flexibility index (Phi) is 4.48. The summed E-state index contributed by atoms with van der Waals surface area (Å²) in [6.45, 7) is 4.18. The van der Waals surface area contributed by atoms with Crippen LogP contribution in [0.15, 0.2) is 42.5 Å². The Hall–Kier alpha value is -2.49. The molecule has 0 aromatic heterocycles. The summed E-state index contributed by atoms with van der Waals surface area (Å²) in [5.41, 5.74) is 2.58. The van der Waals surface area contributed by atoms with Crippen molar-refractivity contribution in [1.29, 1.82) is 0 Å². The third-order valence-electron chi connectivity index (χ3n) is 3.30. The number of carboxylic acid groups (broad SMARTS) is 1. The second-order valence-electron chi connectivity index (χ2n) is 5.07. The molecule has 0 bridgehead atoms. The number of hydrogen-bond acceptors (Lipinski definition) is 4. The van der Waals surface area contributed by atoms with Crippen molar-refractivity contribution in [2.75, 3.05) is 12.4 Å². The minimum atomic E-state index is -1.24. The van der Waals surface area contributed by atoms with E-state index in [9.17, 15) is 9.90 Å². The largest absolute Gasteiger partial charge is 0.545 e. The molecule has 0 saturated carbocycles. The van der Waals surface area contributed by atoms with Gasteiger partial charge in [0.25, 0.3) is 0 Å². The van der Waals surface area contributed by atoms with E-state index in [0.29, 0.717) is 17.4 Å². The van der Waals surface area contributed by atoms with E-state index in [-0.39, 0.29) is 5.56 Å². The molecular formula is C17H18NO3-. The summed E-state index contributed by atoms with van der Waals surface area (Å²) >= 11 is 0. The van der Waals surface area contributed by atoms with Crippen molar-refractivity contribution >= 4 is 17.3 Å². The Morgan fingerprint density at radius 3 is 2.48 bits per heavy atom. The first-order chi connectivity index (χ1) is 10.0. The molecule has 110 valence electrons. The summed E-state index contributed by atoms with van der Waals surface area (Å²) in [6, 6.07) is 12.7. The average Bonchev–Trinajstić information content (AvgIpc) is 2.47. The number of carbonyl (C=O) groups is 1. The zero-order valence-electron chi connectivity index (χ0n) is 12.3. The van der Waals surface area contributed by atoms with Crippen LogP contribution in [-0.4, -0.2) is 13.1 Å². The summed E-state index contributed by atoms with van der Waals surface area (Å²) in [6.07, 6.45) is 0. The van der Waals surface area contributed by atoms with Gasteiger partial charge in [0, 0.05) is 16.9 Å². The Labute approximate surface area is 124 Å². The minimum Gasteiger partial charge on any atom is -0.545 e. The molecule has 0 radical (unpaired) electrons. The second-order valence-corrected chi connectivity index (χ2v) is 5.07. The van der Waals surface area contributed by atoms with E-state index in [1.165, 1.54) is 13.2 Å². The third-order valence-corrected chi connectivity index (χ3v) is 3.30. The Balaban J connectivity index is 2.42. The molecule has 0 aliphatic carbocycles. The molecule has 2 aromatic rings. The molecule has 21 heavy (non-hydrogen) atoms. The third kappa shape index (κ3) is 3.34. The molecule has 0 unspecified atom stereocenters. The van der Waals surface area contributed by atoms with Gasteiger partial charge in [0.1, 0.15) is 5.75 Å². The molecule has 4 nitrogen and oxygen atoms in total. The first-order valence-corrected chi connectivity index (χ1v) is 6.78. The van der Waals surface area contributed by atoms with Crippen LogP contribution >= 0.6 is 0 Å². The quantitative estimate of drug-likeness (QED) is 0.917. The monoisotopic (exact) mass is 284 g/mol. The number of carboxylic acids is 1. The summed E-state index contributed by atoms with van der Waals surface area (Å²) < 4.78 is 5.05. The molecule has 2 rings (SSSR count).